The molecule has 0 saturated heterocycles. The maximum Gasteiger partial charge on any atom is 0.278 e. The fourth-order valence-corrected chi connectivity index (χ4v) is 3.81. The molecule has 0 saturated carbocycles. The van der Waals surface area contributed by atoms with Crippen molar-refractivity contribution in [2.24, 2.45) is 0 Å². The minimum atomic E-state index is -0.0926. The summed E-state index contributed by atoms with van der Waals surface area (Å²) in [5, 5.41) is 0. The Bertz CT molecular complexity index is 1170. The Balaban J connectivity index is 1.82. The van der Waals surface area contributed by atoms with Crippen LogP contribution in [0.4, 0.5) is 0 Å². The predicted octanol–water partition coefficient (Wildman–Crippen LogP) is 4.79. The largest absolute Gasteiger partial charge is 0.495 e. The molecule has 0 amide bonds. The summed E-state index contributed by atoms with van der Waals surface area (Å²) in [7, 11) is 0. The number of aromatic amines is 1. The summed E-state index contributed by atoms with van der Waals surface area (Å²) in [6, 6.07) is 11.7. The van der Waals surface area contributed by atoms with Gasteiger partial charge in [-0.1, -0.05) is 37.3 Å². The number of imidazole rings is 1. The van der Waals surface area contributed by atoms with Crippen LogP contribution in [0, 0.1) is 12.1 Å². The third kappa shape index (κ3) is 4.49. The lowest BCUT2D eigenvalue weighted by molar-refractivity contribution is 0.155. The van der Waals surface area contributed by atoms with Crippen molar-refractivity contribution in [3.8, 4) is 5.82 Å². The molecule has 31 heavy (non-hydrogen) atoms. The van der Waals surface area contributed by atoms with Crippen LogP contribution in [0.3, 0.4) is 0 Å². The first-order chi connectivity index (χ1) is 15.1. The maximum atomic E-state index is 13.2. The molecule has 5 nitrogen and oxygen atoms in total. The number of ether oxygens (including phenoxy) is 1. The summed E-state index contributed by atoms with van der Waals surface area (Å²) in [6.45, 7) is 6.13. The van der Waals surface area contributed by atoms with Crippen LogP contribution in [0.15, 0.2) is 59.3 Å². The van der Waals surface area contributed by atoms with Crippen LogP contribution >= 0.6 is 0 Å². The minimum absolute atomic E-state index is 0.0926. The van der Waals surface area contributed by atoms with Crippen LogP contribution in [-0.4, -0.2) is 20.6 Å². The van der Waals surface area contributed by atoms with Gasteiger partial charge in [-0.3, -0.25) is 9.36 Å². The van der Waals surface area contributed by atoms with Gasteiger partial charge in [-0.15, -0.1) is 0 Å². The molecule has 3 aliphatic rings. The average molecular weight is 414 g/mol. The first kappa shape index (κ1) is 20.7. The summed E-state index contributed by atoms with van der Waals surface area (Å²) in [5.74, 6) is 1.49. The SMILES string of the molecule is C/C=C\C=C(/CC)c1cn2c(=O)c(CC3=CC[C@@H](C)O3)nc-2c(Cc2cc#ccc2)[nH]1. The molecule has 3 heterocycles. The van der Waals surface area contributed by atoms with Gasteiger partial charge in [-0.05, 0) is 55.7 Å². The molecule has 0 spiro atoms. The summed E-state index contributed by atoms with van der Waals surface area (Å²) in [4.78, 5) is 21.5. The second-order valence-electron chi connectivity index (χ2n) is 7.80. The van der Waals surface area contributed by atoms with Crippen molar-refractivity contribution in [2.45, 2.75) is 52.6 Å². The summed E-state index contributed by atoms with van der Waals surface area (Å²) >= 11 is 0. The van der Waals surface area contributed by atoms with E-state index in [0.717, 1.165) is 41.1 Å². The highest BCUT2D eigenvalue weighted by molar-refractivity contribution is 5.64. The molecule has 3 aliphatic heterocycles. The monoisotopic (exact) mass is 413 g/mol. The molecule has 4 rings (SSSR count). The molecule has 0 fully saturated rings. The number of fused-ring (bicyclic) bond motifs is 1. The fraction of sp³-hybridized carbons (Fsp3) is 0.308. The van der Waals surface area contributed by atoms with E-state index < -0.39 is 0 Å². The molecule has 158 valence electrons. The molecular formula is C26H27N3O2. The van der Waals surface area contributed by atoms with Gasteiger partial charge in [-0.25, -0.2) is 4.98 Å². The van der Waals surface area contributed by atoms with Crippen molar-refractivity contribution in [1.29, 1.82) is 0 Å². The lowest BCUT2D eigenvalue weighted by Gasteiger charge is -2.14. The molecule has 5 heteroatoms. The van der Waals surface area contributed by atoms with Gasteiger partial charge in [0, 0.05) is 19.0 Å². The van der Waals surface area contributed by atoms with Crippen LogP contribution < -0.4 is 5.56 Å². The van der Waals surface area contributed by atoms with Crippen molar-refractivity contribution < 1.29 is 4.74 Å². The van der Waals surface area contributed by atoms with Gasteiger partial charge in [0.25, 0.3) is 5.56 Å². The highest BCUT2D eigenvalue weighted by Crippen LogP contribution is 2.24. The third-order valence-corrected chi connectivity index (χ3v) is 5.44. The number of nitrogens with one attached hydrogen (secondary N) is 1. The second-order valence-corrected chi connectivity index (χ2v) is 7.80. The highest BCUT2D eigenvalue weighted by Gasteiger charge is 2.23. The number of H-pyrrole nitrogens is 1. The Morgan fingerprint density at radius 2 is 2.26 bits per heavy atom. The lowest BCUT2D eigenvalue weighted by Crippen LogP contribution is -2.18. The van der Waals surface area contributed by atoms with Crippen molar-refractivity contribution in [3.05, 3.63) is 99.6 Å². The van der Waals surface area contributed by atoms with E-state index in [0.29, 0.717) is 24.4 Å². The summed E-state index contributed by atoms with van der Waals surface area (Å²) in [5.41, 5.74) is 4.44. The van der Waals surface area contributed by atoms with E-state index in [9.17, 15) is 4.79 Å². The summed E-state index contributed by atoms with van der Waals surface area (Å²) < 4.78 is 7.48. The van der Waals surface area contributed by atoms with Gasteiger partial charge < -0.3 is 9.72 Å². The molecule has 1 atom stereocenters. The zero-order valence-corrected chi connectivity index (χ0v) is 18.2. The Morgan fingerprint density at radius 3 is 2.94 bits per heavy atom. The van der Waals surface area contributed by atoms with Crippen LogP contribution in [0.25, 0.3) is 11.4 Å². The molecule has 0 bridgehead atoms. The zero-order chi connectivity index (χ0) is 21.8. The van der Waals surface area contributed by atoms with E-state index in [-0.39, 0.29) is 11.7 Å². The Hall–Kier alpha value is -3.52. The first-order valence-corrected chi connectivity index (χ1v) is 10.8. The molecule has 0 unspecified atom stereocenters. The van der Waals surface area contributed by atoms with Crippen LogP contribution in [0.2, 0.25) is 0 Å². The van der Waals surface area contributed by atoms with Crippen LogP contribution in [0.5, 0.6) is 0 Å². The number of aromatic nitrogens is 3. The number of nitrogens with zero attached hydrogens (tertiary/aromatic N) is 2. The van der Waals surface area contributed by atoms with E-state index in [4.69, 9.17) is 9.72 Å². The fourth-order valence-electron chi connectivity index (χ4n) is 3.81. The number of hydrogen-bond acceptors (Lipinski definition) is 3. The molecule has 0 radical (unpaired) electrons. The van der Waals surface area contributed by atoms with Gasteiger partial charge in [0.05, 0.1) is 29.7 Å². The van der Waals surface area contributed by atoms with Crippen molar-refractivity contribution in [1.82, 2.24) is 14.5 Å². The van der Waals surface area contributed by atoms with E-state index >= 15 is 0 Å². The Labute approximate surface area is 183 Å². The molecule has 0 aromatic heterocycles. The Kier molecular flexibility index (Phi) is 6.08. The molecule has 1 aromatic rings. The topological polar surface area (TPSA) is 59.9 Å². The molecule has 0 aliphatic carbocycles. The number of allylic oxidation sites excluding steroid dienone is 5. The average Bonchev–Trinajstić information content (AvgIpc) is 3.33. The first-order valence-electron chi connectivity index (χ1n) is 10.8. The Morgan fingerprint density at radius 1 is 1.39 bits per heavy atom. The van der Waals surface area contributed by atoms with Gasteiger partial charge in [0.15, 0.2) is 5.82 Å². The zero-order valence-electron chi connectivity index (χ0n) is 18.2. The number of rotatable bonds is 7. The van der Waals surface area contributed by atoms with Crippen molar-refractivity contribution in [3.63, 3.8) is 0 Å². The highest BCUT2D eigenvalue weighted by atomic mass is 16.5. The van der Waals surface area contributed by atoms with E-state index in [1.54, 1.807) is 4.57 Å². The summed E-state index contributed by atoms with van der Waals surface area (Å²) in [6.07, 6.45) is 12.9. The van der Waals surface area contributed by atoms with E-state index in [2.05, 4.69) is 36.2 Å². The van der Waals surface area contributed by atoms with E-state index in [1.165, 1.54) is 0 Å². The van der Waals surface area contributed by atoms with E-state index in [1.807, 2.05) is 50.4 Å². The van der Waals surface area contributed by atoms with Crippen molar-refractivity contribution >= 4 is 5.57 Å². The van der Waals surface area contributed by atoms with Crippen LogP contribution in [0.1, 0.15) is 56.3 Å². The standard InChI is InChI=1S/C26H27N3O2/c1-4-6-12-20(5-2)24-17-29-25(22(27-24)15-19-10-8-7-9-11-19)28-23(26(29)30)16-21-14-13-18(3)31-21/h4,6,8,10-12,14,17-18,27H,5,13,15-16H2,1-3H3/b6-4-,20-12+/t18-/m1/s1. The van der Waals surface area contributed by atoms with Crippen LogP contribution in [-0.2, 0) is 17.6 Å². The van der Waals surface area contributed by atoms with Gasteiger partial charge in [0.1, 0.15) is 5.69 Å². The quantitative estimate of drug-likeness (QED) is 0.566. The maximum absolute atomic E-state index is 13.2. The molecule has 1 aromatic carbocycles. The number of hydrogen-bond donors (Lipinski definition) is 1. The minimum Gasteiger partial charge on any atom is -0.495 e. The second kappa shape index (κ2) is 9.09. The third-order valence-electron chi connectivity index (χ3n) is 5.44. The predicted molar refractivity (Wildman–Crippen MR) is 122 cm³/mol. The van der Waals surface area contributed by atoms with Crippen molar-refractivity contribution in [2.75, 3.05) is 0 Å². The van der Waals surface area contributed by atoms with Gasteiger partial charge >= 0.3 is 0 Å². The molecule has 1 N–H and O–H groups in total. The molecular weight excluding hydrogens is 386 g/mol. The van der Waals surface area contributed by atoms with Gasteiger partial charge in [-0.2, -0.15) is 0 Å². The smallest absolute Gasteiger partial charge is 0.278 e. The van der Waals surface area contributed by atoms with Gasteiger partial charge in [0.2, 0.25) is 0 Å². The normalized spacial score (nSPS) is 16.5. The lowest BCUT2D eigenvalue weighted by atomic mass is 10.1.